The standard InChI is InChI=1S/C3H7NO.CH3N3.CH5NO.CH5N/c1-3(5)2-4;1-3-4-2;1-3-2;1-2/h2,4H2,1H3;1H3;2H2,1H3;2H2,1H3. The van der Waals surface area contributed by atoms with Crippen LogP contribution < -0.4 is 17.4 Å². The lowest BCUT2D eigenvalue weighted by molar-refractivity contribution is -0.115. The van der Waals surface area contributed by atoms with Gasteiger partial charge in [0.2, 0.25) is 0 Å². The van der Waals surface area contributed by atoms with E-state index in [2.05, 4.69) is 26.5 Å². The number of carbonyl (C=O) groups is 1. The molecular formula is C6H20N6O2. The first-order valence-electron chi connectivity index (χ1n) is 3.53. The molecule has 0 spiro atoms. The van der Waals surface area contributed by atoms with Crippen molar-refractivity contribution in [2.45, 2.75) is 6.92 Å². The van der Waals surface area contributed by atoms with Gasteiger partial charge in [0.1, 0.15) is 5.78 Å². The largest absolute Gasteiger partial charge is 0.333 e. The minimum absolute atomic E-state index is 0.0324. The summed E-state index contributed by atoms with van der Waals surface area (Å²) in [6.07, 6.45) is 0. The third kappa shape index (κ3) is 315. The van der Waals surface area contributed by atoms with Gasteiger partial charge in [0.15, 0.2) is 0 Å². The average Bonchev–Trinajstić information content (AvgIpc) is 2.22. The number of nitrogens with zero attached hydrogens (tertiary/aromatic N) is 3. The van der Waals surface area contributed by atoms with E-state index in [4.69, 9.17) is 11.3 Å². The van der Waals surface area contributed by atoms with Crippen LogP contribution in [0.3, 0.4) is 0 Å². The van der Waals surface area contributed by atoms with Crippen molar-refractivity contribution in [3.05, 3.63) is 10.4 Å². The van der Waals surface area contributed by atoms with Gasteiger partial charge in [-0.05, 0) is 19.5 Å². The molecule has 0 rings (SSSR count). The lowest BCUT2D eigenvalue weighted by Gasteiger charge is -1.73. The molecule has 8 nitrogen and oxygen atoms in total. The van der Waals surface area contributed by atoms with Crippen LogP contribution in [-0.2, 0) is 9.63 Å². The van der Waals surface area contributed by atoms with Crippen molar-refractivity contribution < 1.29 is 9.63 Å². The first-order valence-corrected chi connectivity index (χ1v) is 3.53. The second kappa shape index (κ2) is 40.9. The summed E-state index contributed by atoms with van der Waals surface area (Å²) in [4.78, 5) is 15.8. The van der Waals surface area contributed by atoms with Crippen LogP contribution in [0.4, 0.5) is 0 Å². The summed E-state index contributed by atoms with van der Waals surface area (Å²) in [7, 11) is 4.29. The highest BCUT2D eigenvalue weighted by Crippen LogP contribution is 1.51. The van der Waals surface area contributed by atoms with Gasteiger partial charge in [-0.2, -0.15) is 0 Å². The minimum Gasteiger partial charge on any atom is -0.333 e. The fourth-order valence-electron chi connectivity index (χ4n) is 0. The van der Waals surface area contributed by atoms with E-state index in [9.17, 15) is 4.79 Å². The van der Waals surface area contributed by atoms with Crippen LogP contribution in [0.1, 0.15) is 6.92 Å². The smallest absolute Gasteiger partial charge is 0.143 e. The monoisotopic (exact) mass is 208 g/mol. The molecule has 0 radical (unpaired) electrons. The lowest BCUT2D eigenvalue weighted by Crippen LogP contribution is -2.07. The van der Waals surface area contributed by atoms with Gasteiger partial charge in [-0.1, -0.05) is 5.11 Å². The molecule has 0 aromatic carbocycles. The quantitative estimate of drug-likeness (QED) is 0.230. The van der Waals surface area contributed by atoms with Crippen molar-refractivity contribution in [3.63, 3.8) is 0 Å². The van der Waals surface area contributed by atoms with Gasteiger partial charge in [-0.15, -0.1) is 0 Å². The highest BCUT2D eigenvalue weighted by molar-refractivity contribution is 5.77. The van der Waals surface area contributed by atoms with Crippen molar-refractivity contribution in [1.29, 1.82) is 0 Å². The Morgan fingerprint density at radius 2 is 1.71 bits per heavy atom. The summed E-state index contributed by atoms with van der Waals surface area (Å²) >= 11 is 0. The maximum atomic E-state index is 9.69. The van der Waals surface area contributed by atoms with E-state index < -0.39 is 0 Å². The summed E-state index contributed by atoms with van der Waals surface area (Å²) in [6, 6.07) is 0. The van der Waals surface area contributed by atoms with Crippen molar-refractivity contribution in [2.75, 3.05) is 27.7 Å². The molecule has 14 heavy (non-hydrogen) atoms. The third-order valence-corrected chi connectivity index (χ3v) is 0.377. The molecule has 0 aliphatic carbocycles. The molecular weight excluding hydrogens is 188 g/mol. The topological polar surface area (TPSA) is 153 Å². The number of hydrogen-bond donors (Lipinski definition) is 3. The molecule has 0 saturated carbocycles. The van der Waals surface area contributed by atoms with Crippen molar-refractivity contribution in [3.8, 4) is 0 Å². The van der Waals surface area contributed by atoms with Gasteiger partial charge in [-0.25, -0.2) is 5.90 Å². The number of azide groups is 1. The Labute approximate surface area is 84.0 Å². The van der Waals surface area contributed by atoms with Crippen molar-refractivity contribution >= 4 is 5.78 Å². The summed E-state index contributed by atoms with van der Waals surface area (Å²) < 4.78 is 0. The Morgan fingerprint density at radius 1 is 1.57 bits per heavy atom. The molecule has 86 valence electrons. The van der Waals surface area contributed by atoms with E-state index in [1.54, 1.807) is 0 Å². The number of Topliss-reactive ketones (excluding diaryl/α,β-unsaturated/α-hetero) is 1. The zero-order valence-corrected chi connectivity index (χ0v) is 9.10. The highest BCUT2D eigenvalue weighted by Gasteiger charge is 1.76. The Hall–Kier alpha value is -1.18. The number of nitrogens with two attached hydrogens (primary N) is 3. The first kappa shape index (κ1) is 23.0. The van der Waals surface area contributed by atoms with Crippen molar-refractivity contribution in [1.82, 2.24) is 0 Å². The molecule has 0 amide bonds. The van der Waals surface area contributed by atoms with Crippen LogP contribution in [0.2, 0.25) is 0 Å². The number of hydrogen-bond acceptors (Lipinski definition) is 6. The normalized spacial score (nSPS) is 5.64. The minimum atomic E-state index is 0.0324. The first-order chi connectivity index (χ1) is 6.60. The fraction of sp³-hybridized carbons (Fsp3) is 0.833. The molecule has 0 bridgehead atoms. The Balaban J connectivity index is -0.0000000505. The third-order valence-electron chi connectivity index (χ3n) is 0.377. The van der Waals surface area contributed by atoms with Crippen LogP contribution in [0.5, 0.6) is 0 Å². The summed E-state index contributed by atoms with van der Waals surface area (Å²) in [5, 5.41) is 2.92. The van der Waals surface area contributed by atoms with E-state index >= 15 is 0 Å². The zero-order valence-electron chi connectivity index (χ0n) is 9.10. The van der Waals surface area contributed by atoms with Crippen LogP contribution in [0, 0.1) is 0 Å². The molecule has 0 fully saturated rings. The molecule has 0 saturated heterocycles. The van der Waals surface area contributed by atoms with E-state index in [1.807, 2.05) is 0 Å². The molecule has 0 aliphatic rings. The Bertz CT molecular complexity index is 134. The fourth-order valence-corrected chi connectivity index (χ4v) is 0. The lowest BCUT2D eigenvalue weighted by atomic mass is 10.5. The predicted octanol–water partition coefficient (Wildman–Crippen LogP) is -0.458. The van der Waals surface area contributed by atoms with E-state index in [-0.39, 0.29) is 12.3 Å². The molecule has 0 aromatic rings. The Kier molecular flexibility index (Phi) is 67.2. The van der Waals surface area contributed by atoms with E-state index in [0.717, 1.165) is 0 Å². The number of ketones is 1. The van der Waals surface area contributed by atoms with Crippen LogP contribution >= 0.6 is 0 Å². The van der Waals surface area contributed by atoms with E-state index in [1.165, 1.54) is 28.1 Å². The van der Waals surface area contributed by atoms with Crippen LogP contribution in [-0.4, -0.2) is 33.5 Å². The van der Waals surface area contributed by atoms with Gasteiger partial charge >= 0.3 is 0 Å². The summed E-state index contributed by atoms with van der Waals surface area (Å²) in [5.74, 6) is 4.38. The SMILES string of the molecule is CC(=O)CN.CN.CN=[N+]=[N-].CON. The Morgan fingerprint density at radius 3 is 1.71 bits per heavy atom. The van der Waals surface area contributed by atoms with Gasteiger partial charge < -0.3 is 16.3 Å². The molecule has 0 unspecified atom stereocenters. The summed E-state index contributed by atoms with van der Waals surface area (Å²) in [6.45, 7) is 1.62. The van der Waals surface area contributed by atoms with Gasteiger partial charge in [0.25, 0.3) is 0 Å². The number of rotatable bonds is 1. The zero-order chi connectivity index (χ0) is 12.4. The van der Waals surface area contributed by atoms with Gasteiger partial charge in [0.05, 0.1) is 13.7 Å². The maximum absolute atomic E-state index is 9.69. The van der Waals surface area contributed by atoms with Crippen LogP contribution in [0.15, 0.2) is 5.11 Å². The summed E-state index contributed by atoms with van der Waals surface area (Å²) in [5.41, 5.74) is 16.7. The molecule has 0 atom stereocenters. The van der Waals surface area contributed by atoms with Gasteiger partial charge in [-0.3, -0.25) is 4.79 Å². The van der Waals surface area contributed by atoms with Crippen molar-refractivity contribution in [2.24, 2.45) is 22.5 Å². The van der Waals surface area contributed by atoms with Gasteiger partial charge in [0, 0.05) is 12.0 Å². The predicted molar refractivity (Wildman–Crippen MR) is 56.1 cm³/mol. The number of carbonyl (C=O) groups excluding carboxylic acids is 1. The second-order valence-electron chi connectivity index (χ2n) is 1.43. The second-order valence-corrected chi connectivity index (χ2v) is 1.43. The maximum Gasteiger partial charge on any atom is 0.143 e. The molecule has 8 heteroatoms. The highest BCUT2D eigenvalue weighted by atomic mass is 16.6. The average molecular weight is 208 g/mol. The van der Waals surface area contributed by atoms with Crippen LogP contribution in [0.25, 0.3) is 10.4 Å². The van der Waals surface area contributed by atoms with E-state index in [0.29, 0.717) is 0 Å². The molecule has 0 aromatic heterocycles. The molecule has 0 aliphatic heterocycles. The molecule has 0 heterocycles. The molecule has 6 N–H and O–H groups in total.